The van der Waals surface area contributed by atoms with Crippen LogP contribution in [0.25, 0.3) is 0 Å². The van der Waals surface area contributed by atoms with E-state index in [9.17, 15) is 8.42 Å². The fourth-order valence-electron chi connectivity index (χ4n) is 2.16. The zero-order valence-corrected chi connectivity index (χ0v) is 12.7. The van der Waals surface area contributed by atoms with Crippen LogP contribution in [0.1, 0.15) is 5.56 Å². The van der Waals surface area contributed by atoms with Crippen molar-refractivity contribution in [1.82, 2.24) is 9.62 Å². The molecule has 0 spiro atoms. The van der Waals surface area contributed by atoms with E-state index in [1.807, 2.05) is 18.2 Å². The van der Waals surface area contributed by atoms with E-state index in [1.54, 1.807) is 4.31 Å². The normalized spacial score (nSPS) is 22.0. The molecule has 0 amide bonds. The van der Waals surface area contributed by atoms with Gasteiger partial charge in [0.25, 0.3) is 0 Å². The van der Waals surface area contributed by atoms with Gasteiger partial charge in [0.1, 0.15) is 0 Å². The van der Waals surface area contributed by atoms with Crippen molar-refractivity contribution in [2.45, 2.75) is 12.5 Å². The monoisotopic (exact) mass is 332 g/mol. The van der Waals surface area contributed by atoms with Crippen molar-refractivity contribution in [2.24, 2.45) is 0 Å². The Labute approximate surface area is 117 Å². The molecule has 1 N–H and O–H groups in total. The van der Waals surface area contributed by atoms with E-state index < -0.39 is 10.0 Å². The fraction of sp³-hybridized carbons (Fsp3) is 0.500. The molecule has 0 bridgehead atoms. The molecule has 1 aliphatic rings. The number of sulfonamides is 1. The third kappa shape index (κ3) is 3.54. The molecule has 4 nitrogen and oxygen atoms in total. The first-order valence-corrected chi connectivity index (χ1v) is 8.53. The van der Waals surface area contributed by atoms with E-state index in [-0.39, 0.29) is 6.04 Å². The van der Waals surface area contributed by atoms with Gasteiger partial charge in [-0.25, -0.2) is 8.42 Å². The van der Waals surface area contributed by atoms with Gasteiger partial charge in [0.2, 0.25) is 10.0 Å². The number of rotatable bonds is 3. The number of halogens is 1. The van der Waals surface area contributed by atoms with Gasteiger partial charge >= 0.3 is 0 Å². The molecule has 1 heterocycles. The molecule has 0 radical (unpaired) electrons. The van der Waals surface area contributed by atoms with Gasteiger partial charge in [0.05, 0.1) is 6.26 Å². The zero-order valence-electron chi connectivity index (χ0n) is 10.3. The van der Waals surface area contributed by atoms with Crippen LogP contribution in [0.3, 0.4) is 0 Å². The summed E-state index contributed by atoms with van der Waals surface area (Å²) >= 11 is 3.52. The predicted octanol–water partition coefficient (Wildman–Crippen LogP) is 1.23. The average molecular weight is 333 g/mol. The van der Waals surface area contributed by atoms with E-state index in [0.717, 1.165) is 10.9 Å². The van der Waals surface area contributed by atoms with E-state index in [1.165, 1.54) is 11.8 Å². The van der Waals surface area contributed by atoms with Gasteiger partial charge in [-0.1, -0.05) is 34.1 Å². The van der Waals surface area contributed by atoms with Crippen molar-refractivity contribution >= 4 is 26.0 Å². The lowest BCUT2D eigenvalue weighted by molar-refractivity contribution is 0.298. The van der Waals surface area contributed by atoms with Crippen LogP contribution in [0.2, 0.25) is 0 Å². The SMILES string of the molecule is CS(=O)(=O)N1CCNC(Cc2ccccc2Br)C1. The highest BCUT2D eigenvalue weighted by Gasteiger charge is 2.25. The molecule has 1 aromatic carbocycles. The van der Waals surface area contributed by atoms with Crippen LogP contribution in [0, 0.1) is 0 Å². The number of nitrogens with zero attached hydrogens (tertiary/aromatic N) is 1. The van der Waals surface area contributed by atoms with Crippen LogP contribution >= 0.6 is 15.9 Å². The Morgan fingerprint density at radius 3 is 2.83 bits per heavy atom. The topological polar surface area (TPSA) is 49.4 Å². The van der Waals surface area contributed by atoms with Crippen LogP contribution in [-0.4, -0.2) is 44.7 Å². The maximum atomic E-state index is 11.5. The van der Waals surface area contributed by atoms with E-state index >= 15 is 0 Å². The molecule has 1 saturated heterocycles. The highest BCUT2D eigenvalue weighted by atomic mass is 79.9. The van der Waals surface area contributed by atoms with Gasteiger partial charge in [-0.05, 0) is 18.1 Å². The van der Waals surface area contributed by atoms with Crippen molar-refractivity contribution in [3.8, 4) is 0 Å². The molecule has 1 fully saturated rings. The summed E-state index contributed by atoms with van der Waals surface area (Å²) in [6.45, 7) is 1.81. The molecule has 1 atom stereocenters. The molecule has 0 aliphatic carbocycles. The predicted molar refractivity (Wildman–Crippen MR) is 76.1 cm³/mol. The quantitative estimate of drug-likeness (QED) is 0.905. The molecule has 6 heteroatoms. The minimum absolute atomic E-state index is 0.173. The Hall–Kier alpha value is -0.430. The Balaban J connectivity index is 2.05. The maximum Gasteiger partial charge on any atom is 0.211 e. The number of benzene rings is 1. The van der Waals surface area contributed by atoms with Crippen LogP contribution in [0.4, 0.5) is 0 Å². The second kappa shape index (κ2) is 5.69. The van der Waals surface area contributed by atoms with E-state index in [4.69, 9.17) is 0 Å². The van der Waals surface area contributed by atoms with Crippen molar-refractivity contribution in [1.29, 1.82) is 0 Å². The second-order valence-corrected chi connectivity index (χ2v) is 7.40. The Bertz CT molecular complexity index is 519. The summed E-state index contributed by atoms with van der Waals surface area (Å²) < 4.78 is 25.7. The van der Waals surface area contributed by atoms with Crippen LogP contribution in [0.15, 0.2) is 28.7 Å². The average Bonchev–Trinajstić information content (AvgIpc) is 2.31. The molecular weight excluding hydrogens is 316 g/mol. The fourth-order valence-corrected chi connectivity index (χ4v) is 3.48. The van der Waals surface area contributed by atoms with Gasteiger partial charge in [-0.2, -0.15) is 4.31 Å². The molecule has 0 saturated carbocycles. The number of hydrogen-bond acceptors (Lipinski definition) is 3. The van der Waals surface area contributed by atoms with Crippen molar-refractivity contribution < 1.29 is 8.42 Å². The van der Waals surface area contributed by atoms with Crippen molar-refractivity contribution in [3.63, 3.8) is 0 Å². The van der Waals surface area contributed by atoms with Crippen molar-refractivity contribution in [3.05, 3.63) is 34.3 Å². The molecule has 2 rings (SSSR count). The van der Waals surface area contributed by atoms with Gasteiger partial charge in [0.15, 0.2) is 0 Å². The van der Waals surface area contributed by atoms with Gasteiger partial charge in [-0.15, -0.1) is 0 Å². The zero-order chi connectivity index (χ0) is 13.2. The summed E-state index contributed by atoms with van der Waals surface area (Å²) in [6, 6.07) is 8.21. The Morgan fingerprint density at radius 1 is 1.44 bits per heavy atom. The lowest BCUT2D eigenvalue weighted by Crippen LogP contribution is -2.53. The first-order chi connectivity index (χ1) is 8.47. The first kappa shape index (κ1) is 14.0. The van der Waals surface area contributed by atoms with Gasteiger partial charge in [-0.3, -0.25) is 0 Å². The smallest absolute Gasteiger partial charge is 0.211 e. The Morgan fingerprint density at radius 2 is 2.17 bits per heavy atom. The molecule has 18 heavy (non-hydrogen) atoms. The highest BCUT2D eigenvalue weighted by molar-refractivity contribution is 9.10. The van der Waals surface area contributed by atoms with Crippen LogP contribution in [0.5, 0.6) is 0 Å². The first-order valence-electron chi connectivity index (χ1n) is 5.89. The lowest BCUT2D eigenvalue weighted by atomic mass is 10.0. The highest BCUT2D eigenvalue weighted by Crippen LogP contribution is 2.18. The molecule has 0 aromatic heterocycles. The summed E-state index contributed by atoms with van der Waals surface area (Å²) in [5.74, 6) is 0. The number of nitrogens with one attached hydrogen (secondary N) is 1. The van der Waals surface area contributed by atoms with Crippen molar-refractivity contribution in [2.75, 3.05) is 25.9 Å². The number of hydrogen-bond donors (Lipinski definition) is 1. The summed E-state index contributed by atoms with van der Waals surface area (Å²) in [5, 5.41) is 3.37. The Kier molecular flexibility index (Phi) is 4.42. The maximum absolute atomic E-state index is 11.5. The summed E-state index contributed by atoms with van der Waals surface area (Å²) in [7, 11) is -3.08. The standard InChI is InChI=1S/C12H17BrN2O2S/c1-18(16,17)15-7-6-14-11(9-15)8-10-4-2-3-5-12(10)13/h2-5,11,14H,6-9H2,1H3. The van der Waals surface area contributed by atoms with Crippen LogP contribution in [-0.2, 0) is 16.4 Å². The van der Waals surface area contributed by atoms with E-state index in [2.05, 4.69) is 27.3 Å². The van der Waals surface area contributed by atoms with Gasteiger partial charge in [0, 0.05) is 30.1 Å². The van der Waals surface area contributed by atoms with Crippen LogP contribution < -0.4 is 5.32 Å². The molecule has 1 aliphatic heterocycles. The second-order valence-electron chi connectivity index (χ2n) is 4.57. The number of piperazine rings is 1. The molecule has 1 aromatic rings. The summed E-state index contributed by atoms with van der Waals surface area (Å²) in [6.07, 6.45) is 2.10. The molecule has 100 valence electrons. The third-order valence-corrected chi connectivity index (χ3v) is 5.15. The minimum Gasteiger partial charge on any atom is -0.311 e. The van der Waals surface area contributed by atoms with E-state index in [0.29, 0.717) is 19.6 Å². The largest absolute Gasteiger partial charge is 0.311 e. The summed E-state index contributed by atoms with van der Waals surface area (Å²) in [5.41, 5.74) is 1.20. The van der Waals surface area contributed by atoms with Gasteiger partial charge < -0.3 is 5.32 Å². The molecule has 1 unspecified atom stereocenters. The summed E-state index contributed by atoms with van der Waals surface area (Å²) in [4.78, 5) is 0. The lowest BCUT2D eigenvalue weighted by Gasteiger charge is -2.32. The molecular formula is C12H17BrN2O2S. The third-order valence-electron chi connectivity index (χ3n) is 3.11. The minimum atomic E-state index is -3.08.